The standard InChI is InChI=1S/C16H28N4/c1-4-7-14-19-15(17-10-5-2)12(3)16(20-14)18-11-13-8-6-9-13/h13H,4-11H2,1-3H3,(H2,17,18,19,20). The van der Waals surface area contributed by atoms with Crippen molar-refractivity contribution in [1.82, 2.24) is 9.97 Å². The average molecular weight is 276 g/mol. The number of anilines is 2. The van der Waals surface area contributed by atoms with Gasteiger partial charge >= 0.3 is 0 Å². The molecular weight excluding hydrogens is 248 g/mol. The Morgan fingerprint density at radius 3 is 2.30 bits per heavy atom. The molecule has 112 valence electrons. The first kappa shape index (κ1) is 15.1. The number of nitrogens with one attached hydrogen (secondary N) is 2. The van der Waals surface area contributed by atoms with Crippen LogP contribution in [0, 0.1) is 12.8 Å². The summed E-state index contributed by atoms with van der Waals surface area (Å²) in [6.45, 7) is 8.47. The first-order valence-electron chi connectivity index (χ1n) is 8.09. The summed E-state index contributed by atoms with van der Waals surface area (Å²) in [6.07, 6.45) is 7.24. The van der Waals surface area contributed by atoms with Crippen molar-refractivity contribution in [3.8, 4) is 0 Å². The summed E-state index contributed by atoms with van der Waals surface area (Å²) < 4.78 is 0. The van der Waals surface area contributed by atoms with Crippen LogP contribution < -0.4 is 10.6 Å². The zero-order valence-electron chi connectivity index (χ0n) is 13.1. The molecule has 0 atom stereocenters. The summed E-state index contributed by atoms with van der Waals surface area (Å²) in [6, 6.07) is 0. The van der Waals surface area contributed by atoms with Gasteiger partial charge in [-0.3, -0.25) is 0 Å². The van der Waals surface area contributed by atoms with Gasteiger partial charge in [0.1, 0.15) is 17.5 Å². The Hall–Kier alpha value is -1.32. The third-order valence-electron chi connectivity index (χ3n) is 3.99. The zero-order valence-corrected chi connectivity index (χ0v) is 13.1. The van der Waals surface area contributed by atoms with E-state index in [1.54, 1.807) is 0 Å². The maximum absolute atomic E-state index is 4.70. The predicted octanol–water partition coefficient (Wildman–Crippen LogP) is 3.77. The summed E-state index contributed by atoms with van der Waals surface area (Å²) in [5.41, 5.74) is 1.15. The largest absolute Gasteiger partial charge is 0.370 e. The van der Waals surface area contributed by atoms with Crippen LogP contribution in [0.15, 0.2) is 0 Å². The summed E-state index contributed by atoms with van der Waals surface area (Å²) in [5, 5.41) is 6.97. The zero-order chi connectivity index (χ0) is 14.4. The molecule has 4 nitrogen and oxygen atoms in total. The van der Waals surface area contributed by atoms with Crippen molar-refractivity contribution in [2.45, 2.75) is 59.3 Å². The van der Waals surface area contributed by atoms with Crippen LogP contribution in [0.3, 0.4) is 0 Å². The van der Waals surface area contributed by atoms with Gasteiger partial charge in [-0.1, -0.05) is 20.3 Å². The van der Waals surface area contributed by atoms with Crippen molar-refractivity contribution in [1.29, 1.82) is 0 Å². The smallest absolute Gasteiger partial charge is 0.134 e. The Balaban J connectivity index is 2.10. The second-order valence-electron chi connectivity index (χ2n) is 5.82. The lowest BCUT2D eigenvalue weighted by atomic mass is 9.85. The Morgan fingerprint density at radius 2 is 1.75 bits per heavy atom. The lowest BCUT2D eigenvalue weighted by Crippen LogP contribution is -2.22. The van der Waals surface area contributed by atoms with Crippen LogP contribution >= 0.6 is 0 Å². The molecule has 1 saturated carbocycles. The third kappa shape index (κ3) is 3.84. The minimum atomic E-state index is 0.839. The second-order valence-corrected chi connectivity index (χ2v) is 5.82. The van der Waals surface area contributed by atoms with E-state index in [2.05, 4.69) is 36.4 Å². The molecule has 20 heavy (non-hydrogen) atoms. The molecule has 1 aliphatic rings. The fraction of sp³-hybridized carbons (Fsp3) is 0.750. The first-order valence-corrected chi connectivity index (χ1v) is 8.09. The molecule has 0 spiro atoms. The van der Waals surface area contributed by atoms with Gasteiger partial charge in [-0.15, -0.1) is 0 Å². The van der Waals surface area contributed by atoms with E-state index in [0.29, 0.717) is 0 Å². The first-order chi connectivity index (χ1) is 9.74. The Morgan fingerprint density at radius 1 is 1.05 bits per heavy atom. The van der Waals surface area contributed by atoms with Gasteiger partial charge in [0.2, 0.25) is 0 Å². The van der Waals surface area contributed by atoms with E-state index in [1.807, 2.05) is 0 Å². The van der Waals surface area contributed by atoms with Gasteiger partial charge in [0.15, 0.2) is 0 Å². The lowest BCUT2D eigenvalue weighted by Gasteiger charge is -2.26. The average Bonchev–Trinajstić information content (AvgIpc) is 2.39. The number of hydrogen-bond acceptors (Lipinski definition) is 4. The molecule has 0 bridgehead atoms. The molecule has 2 N–H and O–H groups in total. The third-order valence-corrected chi connectivity index (χ3v) is 3.99. The monoisotopic (exact) mass is 276 g/mol. The lowest BCUT2D eigenvalue weighted by molar-refractivity contribution is 0.333. The van der Waals surface area contributed by atoms with Crippen molar-refractivity contribution in [3.63, 3.8) is 0 Å². The highest BCUT2D eigenvalue weighted by molar-refractivity contribution is 5.57. The number of aromatic nitrogens is 2. The van der Waals surface area contributed by atoms with Crippen molar-refractivity contribution in [2.24, 2.45) is 5.92 Å². The molecular formula is C16H28N4. The molecule has 1 fully saturated rings. The molecule has 2 rings (SSSR count). The van der Waals surface area contributed by atoms with Crippen molar-refractivity contribution >= 4 is 11.6 Å². The number of aryl methyl sites for hydroxylation is 1. The van der Waals surface area contributed by atoms with Crippen LogP contribution in [0.4, 0.5) is 11.6 Å². The highest BCUT2D eigenvalue weighted by atomic mass is 15.1. The van der Waals surface area contributed by atoms with Gasteiger partial charge in [0.25, 0.3) is 0 Å². The molecule has 1 heterocycles. The fourth-order valence-electron chi connectivity index (χ4n) is 2.42. The summed E-state index contributed by atoms with van der Waals surface area (Å²) in [7, 11) is 0. The summed E-state index contributed by atoms with van der Waals surface area (Å²) >= 11 is 0. The Kier molecular flexibility index (Phi) is 5.62. The second kappa shape index (κ2) is 7.46. The number of nitrogens with zero attached hydrogens (tertiary/aromatic N) is 2. The molecule has 4 heteroatoms. The topological polar surface area (TPSA) is 49.8 Å². The van der Waals surface area contributed by atoms with E-state index >= 15 is 0 Å². The highest BCUT2D eigenvalue weighted by Crippen LogP contribution is 2.27. The van der Waals surface area contributed by atoms with Gasteiger partial charge < -0.3 is 10.6 Å². The quantitative estimate of drug-likeness (QED) is 0.759. The van der Waals surface area contributed by atoms with E-state index in [0.717, 1.165) is 61.3 Å². The van der Waals surface area contributed by atoms with Gasteiger partial charge in [-0.05, 0) is 38.5 Å². The van der Waals surface area contributed by atoms with E-state index in [4.69, 9.17) is 4.98 Å². The molecule has 0 aromatic carbocycles. The molecule has 0 aliphatic heterocycles. The SMILES string of the molecule is CCCNc1nc(CCC)nc(NCC2CCC2)c1C. The molecule has 1 aromatic rings. The van der Waals surface area contributed by atoms with Crippen molar-refractivity contribution in [3.05, 3.63) is 11.4 Å². The van der Waals surface area contributed by atoms with Crippen molar-refractivity contribution in [2.75, 3.05) is 23.7 Å². The van der Waals surface area contributed by atoms with E-state index in [9.17, 15) is 0 Å². The van der Waals surface area contributed by atoms with Gasteiger partial charge in [0.05, 0.1) is 0 Å². The van der Waals surface area contributed by atoms with Gasteiger partial charge in [0, 0.05) is 25.1 Å². The van der Waals surface area contributed by atoms with E-state index in [1.165, 1.54) is 19.3 Å². The summed E-state index contributed by atoms with van der Waals surface area (Å²) in [4.78, 5) is 9.36. The van der Waals surface area contributed by atoms with Crippen molar-refractivity contribution < 1.29 is 0 Å². The molecule has 0 radical (unpaired) electrons. The van der Waals surface area contributed by atoms with Crippen LogP contribution in [-0.4, -0.2) is 23.1 Å². The highest BCUT2D eigenvalue weighted by Gasteiger charge is 2.18. The maximum Gasteiger partial charge on any atom is 0.134 e. The fourth-order valence-corrected chi connectivity index (χ4v) is 2.42. The molecule has 1 aliphatic carbocycles. The Labute approximate surface area is 122 Å². The molecule has 0 unspecified atom stereocenters. The number of rotatable bonds is 8. The van der Waals surface area contributed by atoms with Crippen LogP contribution in [-0.2, 0) is 6.42 Å². The van der Waals surface area contributed by atoms with E-state index in [-0.39, 0.29) is 0 Å². The summed E-state index contributed by atoms with van der Waals surface area (Å²) in [5.74, 6) is 3.81. The molecule has 1 aromatic heterocycles. The normalized spacial score (nSPS) is 14.9. The predicted molar refractivity (Wildman–Crippen MR) is 85.4 cm³/mol. The van der Waals surface area contributed by atoms with E-state index < -0.39 is 0 Å². The Bertz CT molecular complexity index is 427. The van der Waals surface area contributed by atoms with Crippen LogP contribution in [0.2, 0.25) is 0 Å². The van der Waals surface area contributed by atoms with Gasteiger partial charge in [-0.25, -0.2) is 9.97 Å². The number of hydrogen-bond donors (Lipinski definition) is 2. The minimum absolute atomic E-state index is 0.839. The van der Waals surface area contributed by atoms with Crippen LogP contribution in [0.5, 0.6) is 0 Å². The van der Waals surface area contributed by atoms with Gasteiger partial charge in [-0.2, -0.15) is 0 Å². The molecule has 0 saturated heterocycles. The minimum Gasteiger partial charge on any atom is -0.370 e. The van der Waals surface area contributed by atoms with Crippen LogP contribution in [0.1, 0.15) is 57.3 Å². The van der Waals surface area contributed by atoms with Crippen LogP contribution in [0.25, 0.3) is 0 Å². The maximum atomic E-state index is 4.70. The molecule has 0 amide bonds.